The molecule has 1 N–H and O–H groups in total. The van der Waals surface area contributed by atoms with Gasteiger partial charge in [0.25, 0.3) is 0 Å². The van der Waals surface area contributed by atoms with E-state index in [0.717, 1.165) is 33.6 Å². The van der Waals surface area contributed by atoms with Crippen LogP contribution in [0.4, 0.5) is 0 Å². The Labute approximate surface area is 178 Å². The molecular weight excluding hydrogens is 399 g/mol. The van der Waals surface area contributed by atoms with E-state index in [-0.39, 0.29) is 6.61 Å². The third-order valence-electron chi connectivity index (χ3n) is 4.68. The van der Waals surface area contributed by atoms with E-state index in [2.05, 4.69) is 18.4 Å². The molecule has 6 heteroatoms. The largest absolute Gasteiger partial charge is 0.489 e. The molecule has 0 fully saturated rings. The van der Waals surface area contributed by atoms with E-state index < -0.39 is 7.57 Å². The Morgan fingerprint density at radius 2 is 1.40 bits per heavy atom. The van der Waals surface area contributed by atoms with Crippen molar-refractivity contribution in [1.29, 1.82) is 0 Å². The molecule has 0 atom stereocenters. The molecule has 3 rings (SSSR count). The zero-order chi connectivity index (χ0) is 21.4. The predicted octanol–water partition coefficient (Wildman–Crippen LogP) is 5.43. The summed E-state index contributed by atoms with van der Waals surface area (Å²) in [6.07, 6.45) is 3.88. The molecule has 0 unspecified atom stereocenters. The minimum atomic E-state index is -2.51. The predicted molar refractivity (Wildman–Crippen MR) is 121 cm³/mol. The van der Waals surface area contributed by atoms with Gasteiger partial charge in [-0.1, -0.05) is 54.6 Å². The normalized spacial score (nSPS) is 11.4. The minimum Gasteiger partial charge on any atom is -0.489 e. The summed E-state index contributed by atoms with van der Waals surface area (Å²) in [4.78, 5) is 0. The number of benzene rings is 3. The van der Waals surface area contributed by atoms with Gasteiger partial charge in [0.1, 0.15) is 12.4 Å². The lowest BCUT2D eigenvalue weighted by atomic mass is 10.0. The van der Waals surface area contributed by atoms with Crippen LogP contribution < -0.4 is 4.74 Å². The van der Waals surface area contributed by atoms with Crippen LogP contribution in [0.2, 0.25) is 0 Å². The van der Waals surface area contributed by atoms with Crippen LogP contribution in [0.3, 0.4) is 0 Å². The first-order valence-electron chi connectivity index (χ1n) is 9.55. The summed E-state index contributed by atoms with van der Waals surface area (Å²) >= 11 is 0. The van der Waals surface area contributed by atoms with Gasteiger partial charge in [-0.2, -0.15) is 0 Å². The molecule has 0 radical (unpaired) electrons. The number of rotatable bonds is 10. The van der Waals surface area contributed by atoms with Crippen LogP contribution in [0.1, 0.15) is 16.7 Å². The van der Waals surface area contributed by atoms with E-state index in [0.29, 0.717) is 13.2 Å². The van der Waals surface area contributed by atoms with E-state index >= 15 is 0 Å². The van der Waals surface area contributed by atoms with Gasteiger partial charge in [-0.25, -0.2) is 0 Å². The molecule has 3 aromatic carbocycles. The highest BCUT2D eigenvalue weighted by molar-refractivity contribution is 7.59. The van der Waals surface area contributed by atoms with Gasteiger partial charge in [-0.05, 0) is 52.3 Å². The Balaban J connectivity index is 1.63. The van der Waals surface area contributed by atoms with Gasteiger partial charge in [-0.3, -0.25) is 0 Å². The Kier molecular flexibility index (Phi) is 7.86. The van der Waals surface area contributed by atoms with Crippen LogP contribution in [-0.2, 0) is 33.4 Å². The zero-order valence-corrected chi connectivity index (χ0v) is 18.2. The standard InChI is InChI=1S/C24H27O5P/c1-26-30(3,27-2)29-18-21-8-5-9-23(15-21)22-10-12-24(13-11-22)28-17-20-7-4-6-19(14-20)16-25/h4-15,25H,3,16-18H2,1-2H3. The van der Waals surface area contributed by atoms with Crippen molar-refractivity contribution in [3.8, 4) is 16.9 Å². The maximum absolute atomic E-state index is 9.24. The summed E-state index contributed by atoms with van der Waals surface area (Å²) in [5.74, 6) is 0.791. The molecule has 30 heavy (non-hydrogen) atoms. The Hall–Kier alpha value is -2.40. The van der Waals surface area contributed by atoms with E-state index in [1.165, 1.54) is 14.2 Å². The van der Waals surface area contributed by atoms with Gasteiger partial charge in [0.2, 0.25) is 7.57 Å². The number of aliphatic hydroxyl groups is 1. The van der Waals surface area contributed by atoms with Crippen LogP contribution in [0.5, 0.6) is 5.75 Å². The number of hydrogen-bond donors (Lipinski definition) is 1. The van der Waals surface area contributed by atoms with Crippen LogP contribution in [0.15, 0.2) is 72.8 Å². The van der Waals surface area contributed by atoms with Crippen molar-refractivity contribution < 1.29 is 23.4 Å². The van der Waals surface area contributed by atoms with Gasteiger partial charge >= 0.3 is 0 Å². The number of ether oxygens (including phenoxy) is 1. The van der Waals surface area contributed by atoms with Gasteiger partial charge < -0.3 is 23.4 Å². The summed E-state index contributed by atoms with van der Waals surface area (Å²) in [6.45, 7) is 0.844. The number of aliphatic hydroxyl groups excluding tert-OH is 1. The third kappa shape index (κ3) is 6.05. The minimum absolute atomic E-state index is 0.0288. The second-order valence-corrected chi connectivity index (χ2v) is 8.95. The summed E-state index contributed by atoms with van der Waals surface area (Å²) < 4.78 is 22.1. The molecule has 0 aliphatic rings. The highest BCUT2D eigenvalue weighted by Crippen LogP contribution is 2.47. The van der Waals surface area contributed by atoms with Gasteiger partial charge in [-0.15, -0.1) is 0 Å². The van der Waals surface area contributed by atoms with Gasteiger partial charge in [0.15, 0.2) is 0 Å². The lowest BCUT2D eigenvalue weighted by Gasteiger charge is -2.20. The van der Waals surface area contributed by atoms with Crippen molar-refractivity contribution >= 4 is 13.9 Å². The fraction of sp³-hybridized carbons (Fsp3) is 0.208. The van der Waals surface area contributed by atoms with Crippen molar-refractivity contribution in [3.05, 3.63) is 89.5 Å². The van der Waals surface area contributed by atoms with Gasteiger partial charge in [0.05, 0.1) is 13.2 Å². The molecule has 0 saturated heterocycles. The molecule has 0 bridgehead atoms. The van der Waals surface area contributed by atoms with Crippen molar-refractivity contribution in [1.82, 2.24) is 0 Å². The first-order chi connectivity index (χ1) is 14.5. The van der Waals surface area contributed by atoms with Gasteiger partial charge in [0, 0.05) is 14.2 Å². The van der Waals surface area contributed by atoms with Crippen LogP contribution in [0.25, 0.3) is 11.1 Å². The monoisotopic (exact) mass is 426 g/mol. The van der Waals surface area contributed by atoms with Crippen molar-refractivity contribution in [2.24, 2.45) is 0 Å². The van der Waals surface area contributed by atoms with Crippen molar-refractivity contribution in [3.63, 3.8) is 0 Å². The highest BCUT2D eigenvalue weighted by Gasteiger charge is 2.13. The lowest BCUT2D eigenvalue weighted by Crippen LogP contribution is -1.97. The molecule has 158 valence electrons. The number of hydrogen-bond acceptors (Lipinski definition) is 5. The van der Waals surface area contributed by atoms with E-state index in [4.69, 9.17) is 18.3 Å². The fourth-order valence-electron chi connectivity index (χ4n) is 2.92. The topological polar surface area (TPSA) is 57.2 Å². The molecule has 0 saturated carbocycles. The van der Waals surface area contributed by atoms with E-state index in [1.807, 2.05) is 60.7 Å². The molecule has 0 aliphatic heterocycles. The maximum Gasteiger partial charge on any atom is 0.250 e. The first-order valence-corrected chi connectivity index (χ1v) is 11.3. The van der Waals surface area contributed by atoms with Crippen molar-refractivity contribution in [2.45, 2.75) is 19.8 Å². The van der Waals surface area contributed by atoms with Crippen LogP contribution in [0, 0.1) is 0 Å². The highest BCUT2D eigenvalue weighted by atomic mass is 31.2. The summed E-state index contributed by atoms with van der Waals surface area (Å²) in [5, 5.41) is 9.24. The molecule has 0 heterocycles. The smallest absolute Gasteiger partial charge is 0.250 e. The average Bonchev–Trinajstić information content (AvgIpc) is 2.82. The van der Waals surface area contributed by atoms with Crippen LogP contribution >= 0.6 is 7.57 Å². The molecular formula is C24H27O5P. The molecule has 0 amide bonds. The van der Waals surface area contributed by atoms with Crippen LogP contribution in [-0.4, -0.2) is 25.6 Å². The zero-order valence-electron chi connectivity index (χ0n) is 17.3. The fourth-order valence-corrected chi connectivity index (χ4v) is 3.63. The third-order valence-corrected chi connectivity index (χ3v) is 6.31. The Morgan fingerprint density at radius 1 is 0.767 bits per heavy atom. The second kappa shape index (κ2) is 10.6. The molecule has 0 aromatic heterocycles. The van der Waals surface area contributed by atoms with Crippen molar-refractivity contribution in [2.75, 3.05) is 14.2 Å². The first kappa shape index (κ1) is 22.3. The Bertz CT molecular complexity index is 992. The summed E-state index contributed by atoms with van der Waals surface area (Å²) in [5.41, 5.74) is 5.08. The molecule has 0 aliphatic carbocycles. The van der Waals surface area contributed by atoms with E-state index in [1.54, 1.807) is 0 Å². The average molecular weight is 426 g/mol. The molecule has 0 spiro atoms. The maximum atomic E-state index is 9.24. The van der Waals surface area contributed by atoms with E-state index in [9.17, 15) is 5.11 Å². The summed E-state index contributed by atoms with van der Waals surface area (Å²) in [6, 6.07) is 23.8. The molecule has 3 aromatic rings. The Morgan fingerprint density at radius 3 is 2.07 bits per heavy atom. The SMILES string of the molecule is C=P(OC)(OC)OCc1cccc(-c2ccc(OCc3cccc(CO)c3)cc2)c1. The quantitative estimate of drug-likeness (QED) is 0.438. The second-order valence-electron chi connectivity index (χ2n) is 6.74. The molecule has 5 nitrogen and oxygen atoms in total. The lowest BCUT2D eigenvalue weighted by molar-refractivity contribution is 0.193. The summed E-state index contributed by atoms with van der Waals surface area (Å²) in [7, 11) is 0.562.